The van der Waals surface area contributed by atoms with Crippen molar-refractivity contribution in [2.24, 2.45) is 5.92 Å². The Bertz CT molecular complexity index is 967. The van der Waals surface area contributed by atoms with Gasteiger partial charge >= 0.3 is 0 Å². The summed E-state index contributed by atoms with van der Waals surface area (Å²) < 4.78 is 0. The maximum Gasteiger partial charge on any atom is 0.245 e. The van der Waals surface area contributed by atoms with Crippen molar-refractivity contribution in [3.63, 3.8) is 0 Å². The predicted octanol–water partition coefficient (Wildman–Crippen LogP) is 5.36. The Hall–Kier alpha value is -1.92. The minimum Gasteiger partial charge on any atom is -0.358 e. The Morgan fingerprint density at radius 3 is 2.76 bits per heavy atom. The molecule has 180 valence electrons. The van der Waals surface area contributed by atoms with E-state index in [1.54, 1.807) is 6.33 Å². The van der Waals surface area contributed by atoms with Crippen LogP contribution < -0.4 is 5.32 Å². The second-order valence-corrected chi connectivity index (χ2v) is 10.3. The fraction of sp³-hybridized carbons (Fsp3) is 0.654. The molecule has 1 unspecified atom stereocenters. The largest absolute Gasteiger partial charge is 0.358 e. The third-order valence-electron chi connectivity index (χ3n) is 7.62. The summed E-state index contributed by atoms with van der Waals surface area (Å²) in [4.78, 5) is 27.1. The highest BCUT2D eigenvalue weighted by atomic mass is 35.5. The number of benzene rings is 1. The van der Waals surface area contributed by atoms with Crippen molar-refractivity contribution in [2.45, 2.75) is 90.4 Å². The van der Waals surface area contributed by atoms with Crippen molar-refractivity contribution in [3.8, 4) is 0 Å². The van der Waals surface area contributed by atoms with E-state index in [9.17, 15) is 4.79 Å². The van der Waals surface area contributed by atoms with Gasteiger partial charge in [0.1, 0.15) is 18.2 Å². The van der Waals surface area contributed by atoms with Crippen molar-refractivity contribution in [3.05, 3.63) is 29.5 Å². The summed E-state index contributed by atoms with van der Waals surface area (Å²) in [7, 11) is 0. The van der Waals surface area contributed by atoms with Gasteiger partial charge in [0.15, 0.2) is 0 Å². The van der Waals surface area contributed by atoms with Crippen molar-refractivity contribution in [1.82, 2.24) is 19.8 Å². The number of rotatable bonds is 8. The average Bonchev–Trinajstić information content (AvgIpc) is 3.15. The quantitative estimate of drug-likeness (QED) is 0.561. The number of likely N-dealkylation sites (tertiary alicyclic amines) is 1. The molecule has 1 saturated heterocycles. The van der Waals surface area contributed by atoms with E-state index in [4.69, 9.17) is 11.6 Å². The molecule has 0 bridgehead atoms. The number of nitrogens with one attached hydrogen (secondary N) is 1. The zero-order chi connectivity index (χ0) is 23.5. The van der Waals surface area contributed by atoms with E-state index < -0.39 is 0 Å². The number of hydrogen-bond donors (Lipinski definition) is 1. The predicted molar refractivity (Wildman–Crippen MR) is 136 cm³/mol. The van der Waals surface area contributed by atoms with Gasteiger partial charge in [0.25, 0.3) is 0 Å². The molecule has 1 aliphatic carbocycles. The fourth-order valence-electron chi connectivity index (χ4n) is 6.13. The minimum atomic E-state index is -0.245. The summed E-state index contributed by atoms with van der Waals surface area (Å²) in [6.45, 7) is 11.0. The van der Waals surface area contributed by atoms with Gasteiger partial charge in [-0.3, -0.25) is 9.69 Å². The lowest BCUT2D eigenvalue weighted by Gasteiger charge is -2.45. The Labute approximate surface area is 203 Å². The van der Waals surface area contributed by atoms with Crippen LogP contribution in [0.1, 0.15) is 66.2 Å². The molecule has 2 aliphatic rings. The number of aromatic nitrogens is 2. The van der Waals surface area contributed by atoms with Gasteiger partial charge in [0.2, 0.25) is 5.91 Å². The van der Waals surface area contributed by atoms with Crippen LogP contribution in [0.4, 0.5) is 5.82 Å². The van der Waals surface area contributed by atoms with Gasteiger partial charge in [-0.2, -0.15) is 0 Å². The molecule has 2 fully saturated rings. The van der Waals surface area contributed by atoms with Gasteiger partial charge in [0.05, 0.1) is 5.52 Å². The topological polar surface area (TPSA) is 61.4 Å². The smallest absolute Gasteiger partial charge is 0.245 e. The van der Waals surface area contributed by atoms with E-state index in [1.807, 2.05) is 18.2 Å². The maximum absolute atomic E-state index is 13.5. The van der Waals surface area contributed by atoms with Crippen molar-refractivity contribution >= 4 is 34.2 Å². The first-order valence-corrected chi connectivity index (χ1v) is 13.0. The van der Waals surface area contributed by atoms with Crippen LogP contribution in [0.2, 0.25) is 5.02 Å². The Morgan fingerprint density at radius 1 is 1.21 bits per heavy atom. The summed E-state index contributed by atoms with van der Waals surface area (Å²) >= 11 is 6.21. The van der Waals surface area contributed by atoms with Gasteiger partial charge in [-0.15, -0.1) is 0 Å². The third-order valence-corrected chi connectivity index (χ3v) is 7.86. The van der Waals surface area contributed by atoms with Gasteiger partial charge in [-0.25, -0.2) is 9.97 Å². The molecular weight excluding hydrogens is 434 g/mol. The molecule has 0 spiro atoms. The van der Waals surface area contributed by atoms with Crippen LogP contribution in [0, 0.1) is 5.92 Å². The molecule has 1 N–H and O–H groups in total. The Morgan fingerprint density at radius 2 is 2.03 bits per heavy atom. The first-order valence-electron chi connectivity index (χ1n) is 12.7. The molecule has 2 heterocycles. The van der Waals surface area contributed by atoms with Gasteiger partial charge in [-0.1, -0.05) is 31.9 Å². The summed E-state index contributed by atoms with van der Waals surface area (Å²) in [5, 5.41) is 4.91. The molecule has 1 saturated carbocycles. The second-order valence-electron chi connectivity index (χ2n) is 9.91. The van der Waals surface area contributed by atoms with Crippen LogP contribution in [0.3, 0.4) is 0 Å². The molecule has 4 rings (SSSR count). The number of nitrogens with zero attached hydrogens (tertiary/aromatic N) is 4. The number of halogens is 1. The molecule has 4 atom stereocenters. The third kappa shape index (κ3) is 5.12. The molecule has 33 heavy (non-hydrogen) atoms. The molecule has 2 aromatic rings. The fourth-order valence-corrected chi connectivity index (χ4v) is 6.31. The highest BCUT2D eigenvalue weighted by molar-refractivity contribution is 6.31. The van der Waals surface area contributed by atoms with Crippen LogP contribution in [-0.4, -0.2) is 62.9 Å². The van der Waals surface area contributed by atoms with E-state index in [1.165, 1.54) is 25.7 Å². The van der Waals surface area contributed by atoms with E-state index >= 15 is 0 Å². The highest BCUT2D eigenvalue weighted by Gasteiger charge is 2.42. The molecule has 7 heteroatoms. The first-order chi connectivity index (χ1) is 15.9. The van der Waals surface area contributed by atoms with E-state index in [-0.39, 0.29) is 11.9 Å². The lowest BCUT2D eigenvalue weighted by molar-refractivity contribution is -0.132. The van der Waals surface area contributed by atoms with Crippen LogP contribution in [0.5, 0.6) is 0 Å². The minimum absolute atomic E-state index is 0.213. The number of hydrogen-bond acceptors (Lipinski definition) is 5. The lowest BCUT2D eigenvalue weighted by atomic mass is 9.77. The Kier molecular flexibility index (Phi) is 7.75. The molecule has 1 aliphatic heterocycles. The van der Waals surface area contributed by atoms with Crippen LogP contribution >= 0.6 is 11.6 Å². The van der Waals surface area contributed by atoms with Crippen LogP contribution in [0.25, 0.3) is 10.9 Å². The summed E-state index contributed by atoms with van der Waals surface area (Å²) in [6.07, 6.45) is 8.17. The van der Waals surface area contributed by atoms with Gasteiger partial charge in [0, 0.05) is 35.1 Å². The molecule has 6 nitrogen and oxygen atoms in total. The van der Waals surface area contributed by atoms with E-state index in [0.717, 1.165) is 36.8 Å². The van der Waals surface area contributed by atoms with Gasteiger partial charge < -0.3 is 10.2 Å². The average molecular weight is 472 g/mol. The van der Waals surface area contributed by atoms with Crippen molar-refractivity contribution in [2.75, 3.05) is 18.4 Å². The Balaban J connectivity index is 1.48. The van der Waals surface area contributed by atoms with Gasteiger partial charge in [-0.05, 0) is 76.6 Å². The molecule has 1 aromatic carbocycles. The second kappa shape index (κ2) is 10.6. The number of carbonyl (C=O) groups excluding carboxylic acids is 1. The normalized spacial score (nSPS) is 26.0. The number of carbonyl (C=O) groups is 1. The zero-order valence-electron chi connectivity index (χ0n) is 20.4. The molecule has 1 amide bonds. The highest BCUT2D eigenvalue weighted by Crippen LogP contribution is 2.37. The summed E-state index contributed by atoms with van der Waals surface area (Å²) in [6, 6.07) is 6.88. The molecular formula is C26H38ClN5O. The monoisotopic (exact) mass is 471 g/mol. The first kappa shape index (κ1) is 24.2. The number of amides is 1. The van der Waals surface area contributed by atoms with E-state index in [0.29, 0.717) is 34.9 Å². The molecule has 0 radical (unpaired) electrons. The van der Waals surface area contributed by atoms with Crippen LogP contribution in [0.15, 0.2) is 24.5 Å². The van der Waals surface area contributed by atoms with E-state index in [2.05, 4.69) is 52.8 Å². The summed E-state index contributed by atoms with van der Waals surface area (Å²) in [5.41, 5.74) is 0.825. The van der Waals surface area contributed by atoms with Crippen LogP contribution in [-0.2, 0) is 4.79 Å². The molecule has 1 aromatic heterocycles. The van der Waals surface area contributed by atoms with Crippen molar-refractivity contribution in [1.29, 1.82) is 0 Å². The summed E-state index contributed by atoms with van der Waals surface area (Å²) in [5.74, 6) is 1.47. The lowest BCUT2D eigenvalue weighted by Crippen LogP contribution is -2.51. The number of anilines is 1. The maximum atomic E-state index is 13.5. The SMILES string of the molecule is CCC[C@@H]1C[C@H](N(CC)C(C)C)CC[C@@H]1N1CCC(Nc2ncnc3ccc(Cl)cc23)C1=O. The number of fused-ring (bicyclic) bond motifs is 1. The standard InChI is InChI=1S/C26H38ClN5O/c1-5-7-18-14-20(31(6-2)17(3)4)9-11-24(18)32-13-12-23(26(32)33)30-25-21-15-19(27)8-10-22(21)28-16-29-25/h8,10,15-18,20,23-24H,5-7,9,11-14H2,1-4H3,(H,28,29,30)/t18-,20-,23?,24+/m1/s1. The van der Waals surface area contributed by atoms with Crippen molar-refractivity contribution < 1.29 is 4.79 Å². The zero-order valence-corrected chi connectivity index (χ0v) is 21.2.